The number of hydrogen-bond acceptors (Lipinski definition) is 3. The van der Waals surface area contributed by atoms with Crippen LogP contribution in [0.3, 0.4) is 0 Å². The van der Waals surface area contributed by atoms with Crippen LogP contribution in [-0.4, -0.2) is 37.0 Å². The average Bonchev–Trinajstić information content (AvgIpc) is 3.22. The standard InChI is InChI=1S/C15H23N3O/c1-3-10-18(14-7-5-4-6-13(14)16)11-15(19)17(2)12-8-9-12/h4-7,12H,3,8-11,16H2,1-2H3. The number of anilines is 2. The van der Waals surface area contributed by atoms with Gasteiger partial charge in [0.1, 0.15) is 0 Å². The van der Waals surface area contributed by atoms with Crippen LogP contribution in [0.5, 0.6) is 0 Å². The number of hydrogen-bond donors (Lipinski definition) is 1. The summed E-state index contributed by atoms with van der Waals surface area (Å²) in [7, 11) is 1.90. The van der Waals surface area contributed by atoms with Gasteiger partial charge in [0.2, 0.25) is 5.91 Å². The maximum Gasteiger partial charge on any atom is 0.242 e. The molecule has 19 heavy (non-hydrogen) atoms. The molecule has 4 heteroatoms. The maximum atomic E-state index is 12.2. The molecule has 0 spiro atoms. The number of nitrogens with two attached hydrogens (primary N) is 1. The summed E-state index contributed by atoms with van der Waals surface area (Å²) in [6, 6.07) is 8.21. The van der Waals surface area contributed by atoms with E-state index < -0.39 is 0 Å². The smallest absolute Gasteiger partial charge is 0.242 e. The van der Waals surface area contributed by atoms with E-state index in [1.807, 2.05) is 36.2 Å². The minimum Gasteiger partial charge on any atom is -0.397 e. The fraction of sp³-hybridized carbons (Fsp3) is 0.533. The predicted octanol–water partition coefficient (Wildman–Crippen LogP) is 2.11. The minimum atomic E-state index is 0.180. The van der Waals surface area contributed by atoms with Gasteiger partial charge in [0.15, 0.2) is 0 Å². The van der Waals surface area contributed by atoms with Gasteiger partial charge in [-0.15, -0.1) is 0 Å². The average molecular weight is 261 g/mol. The normalized spacial score (nSPS) is 14.2. The summed E-state index contributed by atoms with van der Waals surface area (Å²) in [5, 5.41) is 0. The molecule has 1 aromatic rings. The first-order valence-corrected chi connectivity index (χ1v) is 6.98. The van der Waals surface area contributed by atoms with E-state index in [1.54, 1.807) is 0 Å². The van der Waals surface area contributed by atoms with Gasteiger partial charge in [0.05, 0.1) is 17.9 Å². The largest absolute Gasteiger partial charge is 0.397 e. The maximum absolute atomic E-state index is 12.2. The molecule has 0 unspecified atom stereocenters. The Labute approximate surface area is 115 Å². The van der Waals surface area contributed by atoms with Crippen molar-refractivity contribution >= 4 is 17.3 Å². The second kappa shape index (κ2) is 5.95. The Bertz CT molecular complexity index is 443. The van der Waals surface area contributed by atoms with Gasteiger partial charge < -0.3 is 15.5 Å². The number of amides is 1. The van der Waals surface area contributed by atoms with Crippen LogP contribution in [-0.2, 0) is 4.79 Å². The van der Waals surface area contributed by atoms with Crippen molar-refractivity contribution in [1.82, 2.24) is 4.90 Å². The van der Waals surface area contributed by atoms with Gasteiger partial charge in [-0.25, -0.2) is 0 Å². The van der Waals surface area contributed by atoms with E-state index in [4.69, 9.17) is 5.73 Å². The third-order valence-electron chi connectivity index (χ3n) is 3.59. The Morgan fingerprint density at radius 1 is 1.37 bits per heavy atom. The minimum absolute atomic E-state index is 0.180. The van der Waals surface area contributed by atoms with E-state index in [0.29, 0.717) is 12.6 Å². The third-order valence-corrected chi connectivity index (χ3v) is 3.59. The van der Waals surface area contributed by atoms with Crippen molar-refractivity contribution in [1.29, 1.82) is 0 Å². The van der Waals surface area contributed by atoms with E-state index >= 15 is 0 Å². The van der Waals surface area contributed by atoms with E-state index in [-0.39, 0.29) is 5.91 Å². The van der Waals surface area contributed by atoms with Crippen molar-refractivity contribution in [2.45, 2.75) is 32.2 Å². The summed E-state index contributed by atoms with van der Waals surface area (Å²) >= 11 is 0. The lowest BCUT2D eigenvalue weighted by Gasteiger charge is -2.27. The number of rotatable bonds is 6. The summed E-state index contributed by atoms with van der Waals surface area (Å²) < 4.78 is 0. The SMILES string of the molecule is CCCN(CC(=O)N(C)C1CC1)c1ccccc1N. The van der Waals surface area contributed by atoms with Crippen molar-refractivity contribution in [2.24, 2.45) is 0 Å². The van der Waals surface area contributed by atoms with E-state index in [2.05, 4.69) is 11.8 Å². The molecule has 1 aliphatic carbocycles. The quantitative estimate of drug-likeness (QED) is 0.798. The fourth-order valence-corrected chi connectivity index (χ4v) is 2.27. The Morgan fingerprint density at radius 3 is 2.63 bits per heavy atom. The van der Waals surface area contributed by atoms with Crippen LogP contribution < -0.4 is 10.6 Å². The molecule has 1 aliphatic rings. The monoisotopic (exact) mass is 261 g/mol. The fourth-order valence-electron chi connectivity index (χ4n) is 2.27. The number of carbonyl (C=O) groups is 1. The van der Waals surface area contributed by atoms with Gasteiger partial charge >= 0.3 is 0 Å². The number of nitrogens with zero attached hydrogens (tertiary/aromatic N) is 2. The van der Waals surface area contributed by atoms with E-state index in [1.165, 1.54) is 0 Å². The first-order valence-electron chi connectivity index (χ1n) is 6.98. The Kier molecular flexibility index (Phi) is 4.30. The van der Waals surface area contributed by atoms with Gasteiger partial charge in [-0.05, 0) is 31.4 Å². The molecule has 104 valence electrons. The molecule has 1 aromatic carbocycles. The Hall–Kier alpha value is -1.71. The number of nitrogen functional groups attached to an aromatic ring is 1. The highest BCUT2D eigenvalue weighted by molar-refractivity contribution is 5.83. The van der Waals surface area contributed by atoms with Crippen LogP contribution in [0.15, 0.2) is 24.3 Å². The summed E-state index contributed by atoms with van der Waals surface area (Å²) in [5.74, 6) is 0.180. The lowest BCUT2D eigenvalue weighted by molar-refractivity contribution is -0.128. The molecule has 0 aliphatic heterocycles. The predicted molar refractivity (Wildman–Crippen MR) is 79.2 cm³/mol. The zero-order valence-electron chi connectivity index (χ0n) is 11.8. The number of carbonyl (C=O) groups excluding carboxylic acids is 1. The summed E-state index contributed by atoms with van der Waals surface area (Å²) in [5.41, 5.74) is 7.70. The second-order valence-corrected chi connectivity index (χ2v) is 5.22. The zero-order chi connectivity index (χ0) is 13.8. The molecule has 0 heterocycles. The molecule has 1 amide bonds. The van der Waals surface area contributed by atoms with Crippen molar-refractivity contribution < 1.29 is 4.79 Å². The molecular formula is C15H23N3O. The first-order chi connectivity index (χ1) is 9.13. The highest BCUT2D eigenvalue weighted by Gasteiger charge is 2.30. The number of likely N-dealkylation sites (N-methyl/N-ethyl adjacent to an activating group) is 1. The van der Waals surface area contributed by atoms with Gasteiger partial charge in [-0.3, -0.25) is 4.79 Å². The van der Waals surface area contributed by atoms with Crippen molar-refractivity contribution in [3.8, 4) is 0 Å². The van der Waals surface area contributed by atoms with Gasteiger partial charge in [-0.2, -0.15) is 0 Å². The van der Waals surface area contributed by atoms with E-state index in [0.717, 1.165) is 37.2 Å². The highest BCUT2D eigenvalue weighted by Crippen LogP contribution is 2.27. The van der Waals surface area contributed by atoms with Crippen LogP contribution in [0, 0.1) is 0 Å². The molecule has 4 nitrogen and oxygen atoms in total. The topological polar surface area (TPSA) is 49.6 Å². The molecule has 2 N–H and O–H groups in total. The summed E-state index contributed by atoms with van der Waals surface area (Å²) in [4.78, 5) is 16.2. The van der Waals surface area contributed by atoms with Crippen molar-refractivity contribution in [3.05, 3.63) is 24.3 Å². The molecule has 0 saturated heterocycles. The van der Waals surface area contributed by atoms with Crippen LogP contribution in [0.25, 0.3) is 0 Å². The third kappa shape index (κ3) is 3.40. The summed E-state index contributed by atoms with van der Waals surface area (Å²) in [6.45, 7) is 3.37. The van der Waals surface area contributed by atoms with Crippen molar-refractivity contribution in [2.75, 3.05) is 30.8 Å². The number of para-hydroxylation sites is 2. The van der Waals surface area contributed by atoms with Crippen LogP contribution in [0.4, 0.5) is 11.4 Å². The molecule has 0 aromatic heterocycles. The van der Waals surface area contributed by atoms with Crippen LogP contribution in [0.1, 0.15) is 26.2 Å². The van der Waals surface area contributed by atoms with Crippen molar-refractivity contribution in [3.63, 3.8) is 0 Å². The van der Waals surface area contributed by atoms with Crippen LogP contribution in [0.2, 0.25) is 0 Å². The lowest BCUT2D eigenvalue weighted by Crippen LogP contribution is -2.40. The molecule has 0 radical (unpaired) electrons. The second-order valence-electron chi connectivity index (χ2n) is 5.22. The summed E-state index contributed by atoms with van der Waals surface area (Å²) in [6.07, 6.45) is 3.28. The van der Waals surface area contributed by atoms with Gasteiger partial charge in [0.25, 0.3) is 0 Å². The lowest BCUT2D eigenvalue weighted by atomic mass is 10.2. The molecule has 1 saturated carbocycles. The van der Waals surface area contributed by atoms with Gasteiger partial charge in [-0.1, -0.05) is 19.1 Å². The molecule has 2 rings (SSSR count). The Morgan fingerprint density at radius 2 is 2.05 bits per heavy atom. The molecular weight excluding hydrogens is 238 g/mol. The molecule has 0 atom stereocenters. The van der Waals surface area contributed by atoms with E-state index in [9.17, 15) is 4.79 Å². The molecule has 0 bridgehead atoms. The van der Waals surface area contributed by atoms with Gasteiger partial charge in [0, 0.05) is 19.6 Å². The first kappa shape index (κ1) is 13.7. The Balaban J connectivity index is 2.07. The number of benzene rings is 1. The highest BCUT2D eigenvalue weighted by atomic mass is 16.2. The van der Waals surface area contributed by atoms with Crippen LogP contribution >= 0.6 is 0 Å². The zero-order valence-corrected chi connectivity index (χ0v) is 11.8. The molecule has 1 fully saturated rings.